The van der Waals surface area contributed by atoms with Crippen LogP contribution in [-0.2, 0) is 32.8 Å². The van der Waals surface area contributed by atoms with Crippen LogP contribution in [0.25, 0.3) is 0 Å². The largest absolute Gasteiger partial charge is 0.489 e. The number of hydrogen-bond acceptors (Lipinski definition) is 5. The summed E-state index contributed by atoms with van der Waals surface area (Å²) >= 11 is 6.38. The molecule has 0 heterocycles. The number of sulfonamides is 1. The number of carbonyl (C=O) groups excluding carboxylic acids is 2. The topological polar surface area (TPSA) is 96.0 Å². The van der Waals surface area contributed by atoms with Crippen LogP contribution in [0.15, 0.2) is 78.9 Å². The molecule has 214 valence electrons. The van der Waals surface area contributed by atoms with Gasteiger partial charge >= 0.3 is 0 Å². The molecule has 40 heavy (non-hydrogen) atoms. The van der Waals surface area contributed by atoms with Crippen molar-refractivity contribution in [2.75, 3.05) is 17.1 Å². The van der Waals surface area contributed by atoms with Crippen LogP contribution >= 0.6 is 11.6 Å². The summed E-state index contributed by atoms with van der Waals surface area (Å²) in [5.41, 5.74) is 1.96. The van der Waals surface area contributed by atoms with Crippen molar-refractivity contribution in [1.29, 1.82) is 0 Å². The molecule has 10 heteroatoms. The van der Waals surface area contributed by atoms with Crippen LogP contribution in [0.3, 0.4) is 0 Å². The van der Waals surface area contributed by atoms with E-state index in [1.165, 1.54) is 4.90 Å². The van der Waals surface area contributed by atoms with E-state index in [-0.39, 0.29) is 18.5 Å². The molecule has 0 bridgehead atoms. The van der Waals surface area contributed by atoms with Gasteiger partial charge in [0.25, 0.3) is 0 Å². The molecular weight excluding hydrogens is 550 g/mol. The number of halogens is 1. The molecule has 0 saturated carbocycles. The van der Waals surface area contributed by atoms with Crippen LogP contribution in [0.1, 0.15) is 38.3 Å². The summed E-state index contributed by atoms with van der Waals surface area (Å²) in [5.74, 6) is -0.284. The number of amides is 2. The molecule has 1 atom stereocenters. The van der Waals surface area contributed by atoms with E-state index in [1.807, 2.05) is 44.2 Å². The van der Waals surface area contributed by atoms with Gasteiger partial charge in [-0.1, -0.05) is 67.1 Å². The minimum Gasteiger partial charge on any atom is -0.489 e. The van der Waals surface area contributed by atoms with Gasteiger partial charge in [0.05, 0.1) is 11.9 Å². The summed E-state index contributed by atoms with van der Waals surface area (Å²) < 4.78 is 32.5. The molecule has 0 aromatic heterocycles. The molecule has 0 aliphatic rings. The smallest absolute Gasteiger partial charge is 0.244 e. The summed E-state index contributed by atoms with van der Waals surface area (Å²) in [6.07, 6.45) is 1.38. The van der Waals surface area contributed by atoms with E-state index in [0.717, 1.165) is 16.1 Å². The molecule has 3 aromatic carbocycles. The summed E-state index contributed by atoms with van der Waals surface area (Å²) in [4.78, 5) is 28.3. The highest BCUT2D eigenvalue weighted by molar-refractivity contribution is 7.92. The maximum absolute atomic E-state index is 13.8. The number of anilines is 1. The van der Waals surface area contributed by atoms with Crippen LogP contribution in [0.5, 0.6) is 5.75 Å². The number of nitrogens with zero attached hydrogens (tertiary/aromatic N) is 2. The van der Waals surface area contributed by atoms with Crippen LogP contribution in [0, 0.1) is 0 Å². The minimum absolute atomic E-state index is 0.0480. The number of nitrogens with one attached hydrogen (secondary N) is 1. The number of hydrogen-bond donors (Lipinski definition) is 1. The van der Waals surface area contributed by atoms with Gasteiger partial charge in [0.15, 0.2) is 0 Å². The third-order valence-electron chi connectivity index (χ3n) is 6.17. The average Bonchev–Trinajstić information content (AvgIpc) is 2.91. The third kappa shape index (κ3) is 8.72. The normalized spacial score (nSPS) is 12.1. The van der Waals surface area contributed by atoms with Gasteiger partial charge in [-0.3, -0.25) is 13.9 Å². The molecule has 2 amide bonds. The molecule has 3 rings (SSSR count). The van der Waals surface area contributed by atoms with Crippen molar-refractivity contribution >= 4 is 39.1 Å². The molecular formula is C30H36ClN3O5S. The lowest BCUT2D eigenvalue weighted by atomic mass is 10.1. The van der Waals surface area contributed by atoms with Gasteiger partial charge in [-0.05, 0) is 61.7 Å². The number of ether oxygens (including phenoxy) is 1. The first kappa shape index (κ1) is 31.0. The molecule has 1 N–H and O–H groups in total. The van der Waals surface area contributed by atoms with E-state index < -0.39 is 28.5 Å². The highest BCUT2D eigenvalue weighted by Crippen LogP contribution is 2.24. The molecule has 0 aliphatic carbocycles. The first-order chi connectivity index (χ1) is 19.0. The van der Waals surface area contributed by atoms with E-state index >= 15 is 0 Å². The van der Waals surface area contributed by atoms with Gasteiger partial charge in [-0.25, -0.2) is 8.42 Å². The van der Waals surface area contributed by atoms with Crippen molar-refractivity contribution in [2.45, 2.75) is 52.4 Å². The lowest BCUT2D eigenvalue weighted by molar-refractivity contribution is -0.140. The summed E-state index contributed by atoms with van der Waals surface area (Å²) in [6.45, 7) is 5.40. The lowest BCUT2D eigenvalue weighted by Crippen LogP contribution is -2.53. The van der Waals surface area contributed by atoms with Gasteiger partial charge in [0.2, 0.25) is 21.8 Å². The van der Waals surface area contributed by atoms with Gasteiger partial charge in [0, 0.05) is 17.6 Å². The minimum atomic E-state index is -3.85. The average molecular weight is 586 g/mol. The van der Waals surface area contributed by atoms with Crippen molar-refractivity contribution in [3.63, 3.8) is 0 Å². The van der Waals surface area contributed by atoms with E-state index in [2.05, 4.69) is 5.32 Å². The van der Waals surface area contributed by atoms with E-state index in [0.29, 0.717) is 35.1 Å². The highest BCUT2D eigenvalue weighted by Gasteiger charge is 2.32. The van der Waals surface area contributed by atoms with E-state index in [9.17, 15) is 18.0 Å². The number of carbonyl (C=O) groups is 2. The van der Waals surface area contributed by atoms with Crippen LogP contribution < -0.4 is 14.4 Å². The molecule has 0 spiro atoms. The third-order valence-corrected chi connectivity index (χ3v) is 7.68. The second kappa shape index (κ2) is 14.2. The second-order valence-electron chi connectivity index (χ2n) is 9.74. The van der Waals surface area contributed by atoms with Crippen molar-refractivity contribution in [2.24, 2.45) is 0 Å². The SMILES string of the molecule is CC[C@@H](C(=O)NC(C)C)N(Cc1ccccc1Cl)C(=O)CN(c1ccc(OCc2ccccc2)cc1)S(C)(=O)=O. The van der Waals surface area contributed by atoms with Crippen LogP contribution in [-0.4, -0.2) is 50.0 Å². The quantitative estimate of drug-likeness (QED) is 0.304. The maximum Gasteiger partial charge on any atom is 0.244 e. The monoisotopic (exact) mass is 585 g/mol. The Hall–Kier alpha value is -3.56. The fraction of sp³-hybridized carbons (Fsp3) is 0.333. The fourth-order valence-corrected chi connectivity index (χ4v) is 5.22. The summed E-state index contributed by atoms with van der Waals surface area (Å²) in [7, 11) is -3.85. The predicted octanol–water partition coefficient (Wildman–Crippen LogP) is 5.02. The molecule has 0 unspecified atom stereocenters. The Bertz CT molecular complexity index is 1380. The van der Waals surface area contributed by atoms with Crippen LogP contribution in [0.2, 0.25) is 5.02 Å². The second-order valence-corrected chi connectivity index (χ2v) is 12.1. The standard InChI is InChI=1S/C30H36ClN3O5S/c1-5-28(30(36)32-22(2)3)33(19-24-13-9-10-14-27(24)31)29(35)20-34(40(4,37)38)25-15-17-26(18-16-25)39-21-23-11-7-6-8-12-23/h6-18,22,28H,5,19-21H2,1-4H3,(H,32,36)/t28-/m0/s1. The number of benzene rings is 3. The van der Waals surface area contributed by atoms with E-state index in [4.69, 9.17) is 16.3 Å². The van der Waals surface area contributed by atoms with Crippen molar-refractivity contribution in [1.82, 2.24) is 10.2 Å². The Morgan fingerprint density at radius 1 is 0.950 bits per heavy atom. The van der Waals surface area contributed by atoms with Gasteiger partial charge in [-0.15, -0.1) is 0 Å². The first-order valence-corrected chi connectivity index (χ1v) is 15.3. The maximum atomic E-state index is 13.8. The van der Waals surface area contributed by atoms with Crippen molar-refractivity contribution < 1.29 is 22.7 Å². The molecule has 0 aliphatic heterocycles. The highest BCUT2D eigenvalue weighted by atomic mass is 35.5. The molecule has 3 aromatic rings. The van der Waals surface area contributed by atoms with E-state index in [1.54, 1.807) is 55.5 Å². The van der Waals surface area contributed by atoms with Crippen molar-refractivity contribution in [3.8, 4) is 5.75 Å². The van der Waals surface area contributed by atoms with Crippen molar-refractivity contribution in [3.05, 3.63) is 95.0 Å². The zero-order chi connectivity index (χ0) is 29.3. The lowest BCUT2D eigenvalue weighted by Gasteiger charge is -2.33. The molecule has 0 radical (unpaired) electrons. The Morgan fingerprint density at radius 3 is 2.15 bits per heavy atom. The Morgan fingerprint density at radius 2 is 1.57 bits per heavy atom. The van der Waals surface area contributed by atoms with Crippen LogP contribution in [0.4, 0.5) is 5.69 Å². The zero-order valence-electron chi connectivity index (χ0n) is 23.2. The van der Waals surface area contributed by atoms with Gasteiger partial charge in [-0.2, -0.15) is 0 Å². The summed E-state index contributed by atoms with van der Waals surface area (Å²) in [5, 5.41) is 3.31. The Labute approximate surface area is 241 Å². The fourth-order valence-electron chi connectivity index (χ4n) is 4.17. The van der Waals surface area contributed by atoms with Gasteiger partial charge in [0.1, 0.15) is 24.9 Å². The Kier molecular flexibility index (Phi) is 11.0. The zero-order valence-corrected chi connectivity index (χ0v) is 24.8. The first-order valence-electron chi connectivity index (χ1n) is 13.1. The number of rotatable bonds is 13. The summed E-state index contributed by atoms with van der Waals surface area (Å²) in [6, 6.07) is 22.3. The molecule has 0 saturated heterocycles. The Balaban J connectivity index is 1.86. The van der Waals surface area contributed by atoms with Gasteiger partial charge < -0.3 is 15.0 Å². The molecule has 8 nitrogen and oxygen atoms in total. The molecule has 0 fully saturated rings. The predicted molar refractivity (Wildman–Crippen MR) is 159 cm³/mol.